The van der Waals surface area contributed by atoms with Gasteiger partial charge >= 0.3 is 6.18 Å². The molecule has 0 bridgehead atoms. The molecule has 1 aliphatic rings. The van der Waals surface area contributed by atoms with Gasteiger partial charge in [0.05, 0.1) is 0 Å². The molecule has 2 N–H and O–H groups in total. The number of hydrogen-bond donors (Lipinski definition) is 2. The van der Waals surface area contributed by atoms with Crippen LogP contribution >= 0.6 is 12.2 Å². The lowest BCUT2D eigenvalue weighted by molar-refractivity contribution is -0.161. The minimum Gasteiger partial charge on any atom is -0.348 e. The molecule has 0 spiro atoms. The molecule has 0 aliphatic heterocycles. The van der Waals surface area contributed by atoms with E-state index in [2.05, 4.69) is 10.6 Å². The molecular weight excluding hydrogens is 249 g/mol. The molecule has 2 nitrogen and oxygen atoms in total. The van der Waals surface area contributed by atoms with Crippen molar-refractivity contribution in [2.75, 3.05) is 5.32 Å². The van der Waals surface area contributed by atoms with Crippen molar-refractivity contribution < 1.29 is 13.2 Å². The number of anilines is 1. The molecular formula is C11H11F3N2S. The van der Waals surface area contributed by atoms with Crippen LogP contribution < -0.4 is 10.6 Å². The molecule has 1 saturated carbocycles. The molecule has 0 heterocycles. The largest absolute Gasteiger partial charge is 0.411 e. The van der Waals surface area contributed by atoms with Gasteiger partial charge in [0.1, 0.15) is 5.54 Å². The monoisotopic (exact) mass is 260 g/mol. The summed E-state index contributed by atoms with van der Waals surface area (Å²) in [6.07, 6.45) is -4.10. The Bertz CT molecular complexity index is 412. The molecule has 1 aromatic rings. The van der Waals surface area contributed by atoms with Crippen molar-refractivity contribution in [1.29, 1.82) is 0 Å². The van der Waals surface area contributed by atoms with Crippen molar-refractivity contribution in [3.63, 3.8) is 0 Å². The van der Waals surface area contributed by atoms with Gasteiger partial charge < -0.3 is 10.6 Å². The zero-order valence-corrected chi connectivity index (χ0v) is 9.66. The van der Waals surface area contributed by atoms with E-state index in [1.807, 2.05) is 6.07 Å². The molecule has 92 valence electrons. The second-order valence-corrected chi connectivity index (χ2v) is 4.43. The Morgan fingerprint density at radius 2 is 1.76 bits per heavy atom. The minimum absolute atomic E-state index is 0.00558. The standard InChI is InChI=1S/C11H11F3N2S/c12-11(13,14)10(6-7-10)16-9(17)15-8-4-2-1-3-5-8/h1-5H,6-7H2,(H2,15,16,17). The fraction of sp³-hybridized carbons (Fsp3) is 0.364. The first-order valence-electron chi connectivity index (χ1n) is 5.14. The van der Waals surface area contributed by atoms with E-state index >= 15 is 0 Å². The lowest BCUT2D eigenvalue weighted by Crippen LogP contribution is -2.49. The van der Waals surface area contributed by atoms with E-state index in [9.17, 15) is 13.2 Å². The Morgan fingerprint density at radius 1 is 1.18 bits per heavy atom. The molecule has 0 amide bonds. The summed E-state index contributed by atoms with van der Waals surface area (Å²) in [5.74, 6) is 0. The number of benzene rings is 1. The van der Waals surface area contributed by atoms with Crippen LogP contribution in [0.2, 0.25) is 0 Å². The van der Waals surface area contributed by atoms with E-state index in [0.29, 0.717) is 5.69 Å². The highest BCUT2D eigenvalue weighted by atomic mass is 32.1. The quantitative estimate of drug-likeness (QED) is 0.799. The van der Waals surface area contributed by atoms with Crippen LogP contribution in [0.1, 0.15) is 12.8 Å². The summed E-state index contributed by atoms with van der Waals surface area (Å²) in [6.45, 7) is 0. The number of hydrogen-bond acceptors (Lipinski definition) is 1. The van der Waals surface area contributed by atoms with E-state index < -0.39 is 11.7 Å². The van der Waals surface area contributed by atoms with E-state index in [1.165, 1.54) is 0 Å². The molecule has 6 heteroatoms. The predicted octanol–water partition coefficient (Wildman–Crippen LogP) is 3.07. The maximum Gasteiger partial charge on any atom is 0.411 e. The number of thiocarbonyl (C=S) groups is 1. The van der Waals surface area contributed by atoms with E-state index in [4.69, 9.17) is 12.2 Å². The van der Waals surface area contributed by atoms with Crippen molar-refractivity contribution in [2.24, 2.45) is 0 Å². The molecule has 0 radical (unpaired) electrons. The van der Waals surface area contributed by atoms with Crippen LogP contribution in [0.25, 0.3) is 0 Å². The zero-order chi connectivity index (χ0) is 12.5. The third-order valence-electron chi connectivity index (χ3n) is 2.68. The highest BCUT2D eigenvalue weighted by Crippen LogP contribution is 2.48. The third kappa shape index (κ3) is 2.69. The molecule has 0 atom stereocenters. The number of alkyl halides is 3. The van der Waals surface area contributed by atoms with Gasteiger partial charge in [-0.2, -0.15) is 13.2 Å². The van der Waals surface area contributed by atoms with Gasteiger partial charge in [-0.15, -0.1) is 0 Å². The van der Waals surface area contributed by atoms with Gasteiger partial charge in [0.15, 0.2) is 5.11 Å². The van der Waals surface area contributed by atoms with Crippen molar-refractivity contribution in [3.05, 3.63) is 30.3 Å². The van der Waals surface area contributed by atoms with Gasteiger partial charge in [0, 0.05) is 5.69 Å². The van der Waals surface area contributed by atoms with Gasteiger partial charge in [-0.25, -0.2) is 0 Å². The molecule has 1 aliphatic carbocycles. The normalized spacial score (nSPS) is 17.4. The molecule has 0 aromatic heterocycles. The maximum atomic E-state index is 12.6. The van der Waals surface area contributed by atoms with E-state index in [-0.39, 0.29) is 18.0 Å². The Morgan fingerprint density at radius 3 is 2.24 bits per heavy atom. The second-order valence-electron chi connectivity index (χ2n) is 4.03. The van der Waals surface area contributed by atoms with Crippen molar-refractivity contribution >= 4 is 23.0 Å². The van der Waals surface area contributed by atoms with Crippen LogP contribution in [-0.4, -0.2) is 16.8 Å². The average Bonchev–Trinajstić information content (AvgIpc) is 2.99. The van der Waals surface area contributed by atoms with Gasteiger partial charge in [0.25, 0.3) is 0 Å². The van der Waals surface area contributed by atoms with Crippen LogP contribution in [0.3, 0.4) is 0 Å². The molecule has 0 saturated heterocycles. The number of rotatable bonds is 2. The first kappa shape index (κ1) is 12.2. The maximum absolute atomic E-state index is 12.6. The predicted molar refractivity (Wildman–Crippen MR) is 63.8 cm³/mol. The fourth-order valence-corrected chi connectivity index (χ4v) is 1.82. The summed E-state index contributed by atoms with van der Waals surface area (Å²) in [7, 11) is 0. The summed E-state index contributed by atoms with van der Waals surface area (Å²) in [6, 6.07) is 8.85. The smallest absolute Gasteiger partial charge is 0.348 e. The molecule has 0 unspecified atom stereocenters. The Kier molecular flexibility index (Phi) is 2.99. The highest BCUT2D eigenvalue weighted by Gasteiger charge is 2.63. The summed E-state index contributed by atoms with van der Waals surface area (Å²) in [5, 5.41) is 5.09. The zero-order valence-electron chi connectivity index (χ0n) is 8.84. The van der Waals surface area contributed by atoms with Crippen LogP contribution in [0.15, 0.2) is 30.3 Å². The Labute approximate surface area is 102 Å². The highest BCUT2D eigenvalue weighted by molar-refractivity contribution is 7.80. The van der Waals surface area contributed by atoms with Crippen LogP contribution in [0.5, 0.6) is 0 Å². The summed E-state index contributed by atoms with van der Waals surface area (Å²) < 4.78 is 37.9. The van der Waals surface area contributed by atoms with Crippen molar-refractivity contribution in [1.82, 2.24) is 5.32 Å². The topological polar surface area (TPSA) is 24.1 Å². The van der Waals surface area contributed by atoms with Crippen molar-refractivity contribution in [3.8, 4) is 0 Å². The summed E-state index contributed by atoms with van der Waals surface area (Å²) in [5.41, 5.74) is -1.14. The van der Waals surface area contributed by atoms with Gasteiger partial charge in [-0.05, 0) is 37.2 Å². The second kappa shape index (κ2) is 4.18. The van der Waals surface area contributed by atoms with Crippen LogP contribution in [0.4, 0.5) is 18.9 Å². The SMILES string of the molecule is FC(F)(F)C1(NC(=S)Nc2ccccc2)CC1. The lowest BCUT2D eigenvalue weighted by atomic mass is 10.2. The van der Waals surface area contributed by atoms with Crippen molar-refractivity contribution in [2.45, 2.75) is 24.6 Å². The average molecular weight is 260 g/mol. The number of nitrogens with one attached hydrogen (secondary N) is 2. The first-order chi connectivity index (χ1) is 7.93. The number of halogens is 3. The molecule has 1 fully saturated rings. The Hall–Kier alpha value is -1.30. The molecule has 1 aromatic carbocycles. The summed E-state index contributed by atoms with van der Waals surface area (Å²) >= 11 is 4.87. The van der Waals surface area contributed by atoms with E-state index in [0.717, 1.165) is 0 Å². The van der Waals surface area contributed by atoms with Gasteiger partial charge in [0.2, 0.25) is 0 Å². The Balaban J connectivity index is 1.95. The summed E-state index contributed by atoms with van der Waals surface area (Å²) in [4.78, 5) is 0. The van der Waals surface area contributed by atoms with Crippen LogP contribution in [0, 0.1) is 0 Å². The molecule has 2 rings (SSSR count). The van der Waals surface area contributed by atoms with Gasteiger partial charge in [-0.1, -0.05) is 18.2 Å². The molecule has 17 heavy (non-hydrogen) atoms. The van der Waals surface area contributed by atoms with E-state index in [1.54, 1.807) is 24.3 Å². The first-order valence-corrected chi connectivity index (χ1v) is 5.55. The third-order valence-corrected chi connectivity index (χ3v) is 2.88. The van der Waals surface area contributed by atoms with Gasteiger partial charge in [-0.3, -0.25) is 0 Å². The number of para-hydroxylation sites is 1. The fourth-order valence-electron chi connectivity index (χ4n) is 1.51. The lowest BCUT2D eigenvalue weighted by Gasteiger charge is -2.22. The minimum atomic E-state index is -4.25. The van der Waals surface area contributed by atoms with Crippen LogP contribution in [-0.2, 0) is 0 Å².